The van der Waals surface area contributed by atoms with E-state index in [9.17, 15) is 9.59 Å². The molecule has 1 aliphatic rings. The molecule has 0 bridgehead atoms. The zero-order chi connectivity index (χ0) is 16.4. The van der Waals surface area contributed by atoms with Crippen molar-refractivity contribution >= 4 is 35.4 Å². The Balaban J connectivity index is 2.11. The molecule has 1 amide bonds. The van der Waals surface area contributed by atoms with Gasteiger partial charge in [-0.25, -0.2) is 4.79 Å². The summed E-state index contributed by atoms with van der Waals surface area (Å²) in [6, 6.07) is 6.50. The molecule has 0 saturated heterocycles. The minimum Gasteiger partial charge on any atom is -0.480 e. The Morgan fingerprint density at radius 2 is 2.00 bits per heavy atom. The topological polar surface area (TPSA) is 79.3 Å². The van der Waals surface area contributed by atoms with Crippen LogP contribution in [0.5, 0.6) is 0 Å². The number of thiol groups is 1. The fourth-order valence-electron chi connectivity index (χ4n) is 3.05. The van der Waals surface area contributed by atoms with E-state index in [0.717, 1.165) is 47.8 Å². The third kappa shape index (κ3) is 3.03. The molecule has 0 unspecified atom stereocenters. The van der Waals surface area contributed by atoms with Crippen LogP contribution in [0.3, 0.4) is 0 Å². The van der Waals surface area contributed by atoms with Crippen LogP contribution >= 0.6 is 12.6 Å². The summed E-state index contributed by atoms with van der Waals surface area (Å²) in [5.41, 5.74) is 3.25. The highest BCUT2D eigenvalue weighted by Crippen LogP contribution is 2.29. The molecule has 0 spiro atoms. The standard InChI is InChI=1S/C17H18N2O3S/c20-16(19-14(9-23)17(21)22)15-10-5-1-3-7-12(10)18-13-8-4-2-6-11(13)15/h1,3,5,7,14,23H,2,4,6,8-9H2,(H,19,20)(H,21,22)/t14-/m1/s1. The van der Waals surface area contributed by atoms with Gasteiger partial charge < -0.3 is 10.4 Å². The monoisotopic (exact) mass is 330 g/mol. The second kappa shape index (κ2) is 6.58. The molecule has 0 saturated carbocycles. The number of aryl methyl sites for hydroxylation is 1. The van der Waals surface area contributed by atoms with E-state index in [1.54, 1.807) is 0 Å². The second-order valence-corrected chi connectivity index (χ2v) is 6.05. The van der Waals surface area contributed by atoms with Gasteiger partial charge in [0.2, 0.25) is 0 Å². The van der Waals surface area contributed by atoms with Gasteiger partial charge in [0, 0.05) is 16.8 Å². The average molecular weight is 330 g/mol. The van der Waals surface area contributed by atoms with Gasteiger partial charge >= 0.3 is 5.97 Å². The van der Waals surface area contributed by atoms with Gasteiger partial charge in [-0.15, -0.1) is 0 Å². The third-order valence-electron chi connectivity index (χ3n) is 4.18. The molecule has 1 atom stereocenters. The molecular formula is C17H18N2O3S. The zero-order valence-electron chi connectivity index (χ0n) is 12.6. The number of amides is 1. The van der Waals surface area contributed by atoms with Crippen LogP contribution < -0.4 is 5.32 Å². The number of aliphatic carboxylic acids is 1. The Morgan fingerprint density at radius 3 is 2.74 bits per heavy atom. The number of nitrogens with one attached hydrogen (secondary N) is 1. The van der Waals surface area contributed by atoms with E-state index >= 15 is 0 Å². The molecule has 0 fully saturated rings. The Hall–Kier alpha value is -2.08. The number of fused-ring (bicyclic) bond motifs is 2. The Morgan fingerprint density at radius 1 is 1.26 bits per heavy atom. The molecule has 1 heterocycles. The van der Waals surface area contributed by atoms with Crippen molar-refractivity contribution in [3.05, 3.63) is 41.1 Å². The van der Waals surface area contributed by atoms with E-state index < -0.39 is 12.0 Å². The largest absolute Gasteiger partial charge is 0.480 e. The van der Waals surface area contributed by atoms with Crippen molar-refractivity contribution in [2.45, 2.75) is 31.7 Å². The Bertz CT molecular complexity index is 776. The van der Waals surface area contributed by atoms with Gasteiger partial charge in [0.1, 0.15) is 6.04 Å². The third-order valence-corrected chi connectivity index (χ3v) is 4.55. The van der Waals surface area contributed by atoms with Crippen molar-refractivity contribution in [3.63, 3.8) is 0 Å². The fraction of sp³-hybridized carbons (Fsp3) is 0.353. The minimum atomic E-state index is -1.08. The van der Waals surface area contributed by atoms with Gasteiger partial charge in [-0.3, -0.25) is 9.78 Å². The number of hydrogen-bond donors (Lipinski definition) is 3. The smallest absolute Gasteiger partial charge is 0.327 e. The minimum absolute atomic E-state index is 0.0479. The quantitative estimate of drug-likeness (QED) is 0.751. The lowest BCUT2D eigenvalue weighted by molar-refractivity contribution is -0.138. The van der Waals surface area contributed by atoms with Gasteiger partial charge in [-0.05, 0) is 37.3 Å². The summed E-state index contributed by atoms with van der Waals surface area (Å²) >= 11 is 4.01. The highest BCUT2D eigenvalue weighted by molar-refractivity contribution is 7.80. The lowest BCUT2D eigenvalue weighted by Crippen LogP contribution is -2.42. The van der Waals surface area contributed by atoms with Gasteiger partial charge in [0.25, 0.3) is 5.91 Å². The molecule has 5 nitrogen and oxygen atoms in total. The molecule has 23 heavy (non-hydrogen) atoms. The molecule has 2 aromatic rings. The number of para-hydroxylation sites is 1. The zero-order valence-corrected chi connectivity index (χ0v) is 13.5. The van der Waals surface area contributed by atoms with E-state index in [1.165, 1.54) is 0 Å². The maximum absolute atomic E-state index is 12.8. The lowest BCUT2D eigenvalue weighted by atomic mass is 9.89. The van der Waals surface area contributed by atoms with Crippen LogP contribution in [0.15, 0.2) is 24.3 Å². The van der Waals surface area contributed by atoms with E-state index in [2.05, 4.69) is 22.9 Å². The highest BCUT2D eigenvalue weighted by Gasteiger charge is 2.25. The fourth-order valence-corrected chi connectivity index (χ4v) is 3.30. The number of pyridine rings is 1. The first-order valence-corrected chi connectivity index (χ1v) is 8.30. The normalized spacial score (nSPS) is 15.0. The summed E-state index contributed by atoms with van der Waals surface area (Å²) in [5, 5.41) is 12.5. The molecule has 3 rings (SSSR count). The number of carbonyl (C=O) groups is 2. The van der Waals surface area contributed by atoms with Crippen molar-refractivity contribution in [2.75, 3.05) is 5.75 Å². The number of aromatic nitrogens is 1. The molecule has 1 aromatic carbocycles. The maximum atomic E-state index is 12.8. The van der Waals surface area contributed by atoms with Crippen molar-refractivity contribution in [1.82, 2.24) is 10.3 Å². The number of nitrogens with zero attached hydrogens (tertiary/aromatic N) is 1. The molecule has 2 N–H and O–H groups in total. The summed E-state index contributed by atoms with van der Waals surface area (Å²) in [5.74, 6) is -1.39. The van der Waals surface area contributed by atoms with Crippen LogP contribution in [0.4, 0.5) is 0 Å². The number of carbonyl (C=O) groups excluding carboxylic acids is 1. The van der Waals surface area contributed by atoms with Crippen molar-refractivity contribution in [3.8, 4) is 0 Å². The molecule has 1 aromatic heterocycles. The molecule has 1 aliphatic carbocycles. The van der Waals surface area contributed by atoms with Gasteiger partial charge in [0.05, 0.1) is 11.1 Å². The number of carboxylic acid groups (broad SMARTS) is 1. The van der Waals surface area contributed by atoms with E-state index in [0.29, 0.717) is 5.56 Å². The SMILES string of the molecule is O=C(N[C@H](CS)C(=O)O)c1c2c(nc3ccccc13)CCCC2. The second-order valence-electron chi connectivity index (χ2n) is 5.68. The molecule has 0 radical (unpaired) electrons. The first-order chi connectivity index (χ1) is 11.1. The predicted molar refractivity (Wildman–Crippen MR) is 91.1 cm³/mol. The van der Waals surface area contributed by atoms with E-state index in [4.69, 9.17) is 5.11 Å². The van der Waals surface area contributed by atoms with Gasteiger partial charge in [0.15, 0.2) is 0 Å². The first kappa shape index (κ1) is 15.8. The van der Waals surface area contributed by atoms with Crippen molar-refractivity contribution in [1.29, 1.82) is 0 Å². The van der Waals surface area contributed by atoms with Crippen LogP contribution in [0, 0.1) is 0 Å². The van der Waals surface area contributed by atoms with E-state index in [1.807, 2.05) is 24.3 Å². The molecular weight excluding hydrogens is 312 g/mol. The Labute approximate surface area is 139 Å². The lowest BCUT2D eigenvalue weighted by Gasteiger charge is -2.21. The average Bonchev–Trinajstić information content (AvgIpc) is 2.56. The molecule has 120 valence electrons. The highest BCUT2D eigenvalue weighted by atomic mass is 32.1. The molecule has 6 heteroatoms. The summed E-state index contributed by atoms with van der Waals surface area (Å²) in [7, 11) is 0. The van der Waals surface area contributed by atoms with Crippen LogP contribution in [0.1, 0.15) is 34.5 Å². The number of hydrogen-bond acceptors (Lipinski definition) is 4. The number of rotatable bonds is 4. The van der Waals surface area contributed by atoms with E-state index in [-0.39, 0.29) is 11.7 Å². The summed E-state index contributed by atoms with van der Waals surface area (Å²) in [4.78, 5) is 28.6. The maximum Gasteiger partial charge on any atom is 0.327 e. The molecule has 0 aliphatic heterocycles. The predicted octanol–water partition coefficient (Wildman–Crippen LogP) is 2.23. The van der Waals surface area contributed by atoms with Gasteiger partial charge in [-0.1, -0.05) is 18.2 Å². The number of carboxylic acids is 1. The summed E-state index contributed by atoms with van der Waals surface area (Å²) < 4.78 is 0. The van der Waals surface area contributed by atoms with Crippen molar-refractivity contribution in [2.24, 2.45) is 0 Å². The van der Waals surface area contributed by atoms with Crippen LogP contribution in [0.25, 0.3) is 10.9 Å². The van der Waals surface area contributed by atoms with Crippen molar-refractivity contribution < 1.29 is 14.7 Å². The van der Waals surface area contributed by atoms with Crippen LogP contribution in [-0.2, 0) is 17.6 Å². The summed E-state index contributed by atoms with van der Waals surface area (Å²) in [6.45, 7) is 0. The first-order valence-electron chi connectivity index (χ1n) is 7.67. The Kier molecular flexibility index (Phi) is 4.52. The van der Waals surface area contributed by atoms with Gasteiger partial charge in [-0.2, -0.15) is 12.6 Å². The number of benzene rings is 1. The van der Waals surface area contributed by atoms with Crippen LogP contribution in [0.2, 0.25) is 0 Å². The summed E-state index contributed by atoms with van der Waals surface area (Å²) in [6.07, 6.45) is 3.74. The van der Waals surface area contributed by atoms with Crippen LogP contribution in [-0.4, -0.2) is 33.8 Å².